The Balaban J connectivity index is 1.67. The number of hydrogen-bond donors (Lipinski definition) is 3. The number of nitrogens with one attached hydrogen (secondary N) is 2. The Kier molecular flexibility index (Phi) is 5.89. The normalized spacial score (nSPS) is 10.6. The van der Waals surface area contributed by atoms with E-state index in [4.69, 9.17) is 15.7 Å². The Labute approximate surface area is 180 Å². The van der Waals surface area contributed by atoms with Crippen LogP contribution in [0.3, 0.4) is 0 Å². The third kappa shape index (κ3) is 4.87. The van der Waals surface area contributed by atoms with Crippen molar-refractivity contribution in [1.29, 1.82) is 0 Å². The quantitative estimate of drug-likeness (QED) is 0.305. The predicted molar refractivity (Wildman–Crippen MR) is 127 cm³/mol. The van der Waals surface area contributed by atoms with Gasteiger partial charge in [0.25, 0.3) is 0 Å². The van der Waals surface area contributed by atoms with Crippen LogP contribution in [0.15, 0.2) is 85.5 Å². The molecule has 154 valence electrons. The number of carbonyl (C=O) groups is 1. The number of fused-ring (bicyclic) bond motifs is 1. The van der Waals surface area contributed by atoms with Crippen LogP contribution in [-0.4, -0.2) is 22.4 Å². The monoisotopic (exact) mass is 409 g/mol. The lowest BCUT2D eigenvalue weighted by Gasteiger charge is -2.12. The lowest BCUT2D eigenvalue weighted by Crippen LogP contribution is -2.09. The molecule has 4 N–H and O–H groups in total. The lowest BCUT2D eigenvalue weighted by atomic mass is 10.1. The zero-order valence-electron chi connectivity index (χ0n) is 17.0. The summed E-state index contributed by atoms with van der Waals surface area (Å²) in [5.41, 5.74) is 10.1. The fourth-order valence-electron chi connectivity index (χ4n) is 3.31. The number of hydrogen-bond acceptors (Lipinski definition) is 5. The molecule has 0 radical (unpaired) electrons. The summed E-state index contributed by atoms with van der Waals surface area (Å²) in [4.78, 5) is 21.1. The third-order valence-electron chi connectivity index (χ3n) is 4.84. The molecule has 4 rings (SSSR count). The largest absolute Gasteiger partial charge is 0.399 e. The van der Waals surface area contributed by atoms with Gasteiger partial charge in [0.1, 0.15) is 5.82 Å². The van der Waals surface area contributed by atoms with Gasteiger partial charge in [-0.05, 0) is 48.4 Å². The van der Waals surface area contributed by atoms with Crippen molar-refractivity contribution < 1.29 is 4.79 Å². The first-order valence-electron chi connectivity index (χ1n) is 10.0. The molecule has 0 atom stereocenters. The summed E-state index contributed by atoms with van der Waals surface area (Å²) >= 11 is 0. The minimum absolute atomic E-state index is 0.271. The molecule has 6 nitrogen and oxygen atoms in total. The van der Waals surface area contributed by atoms with Gasteiger partial charge in [-0.3, -0.25) is 4.79 Å². The van der Waals surface area contributed by atoms with Crippen molar-refractivity contribution >= 4 is 34.0 Å². The van der Waals surface area contributed by atoms with Crippen molar-refractivity contribution in [3.05, 3.63) is 91.0 Å². The van der Waals surface area contributed by atoms with Gasteiger partial charge >= 0.3 is 0 Å². The number of amides is 1. The second kappa shape index (κ2) is 9.09. The highest BCUT2D eigenvalue weighted by Gasteiger charge is 2.11. The second-order valence-electron chi connectivity index (χ2n) is 7.11. The van der Waals surface area contributed by atoms with Gasteiger partial charge in [0.15, 0.2) is 5.82 Å². The maximum atomic E-state index is 11.6. The summed E-state index contributed by atoms with van der Waals surface area (Å²) < 4.78 is 0. The van der Waals surface area contributed by atoms with E-state index < -0.39 is 0 Å². The van der Waals surface area contributed by atoms with E-state index in [0.717, 1.165) is 35.2 Å². The van der Waals surface area contributed by atoms with Gasteiger partial charge in [-0.15, -0.1) is 0 Å². The molecular weight excluding hydrogens is 386 g/mol. The van der Waals surface area contributed by atoms with E-state index in [1.54, 1.807) is 0 Å². The Hall–Kier alpha value is -4.19. The summed E-state index contributed by atoms with van der Waals surface area (Å²) in [6.07, 6.45) is 2.11. The molecule has 0 unspecified atom stereocenters. The van der Waals surface area contributed by atoms with Gasteiger partial charge in [0.05, 0.1) is 5.52 Å². The first-order valence-corrected chi connectivity index (χ1v) is 10.0. The van der Waals surface area contributed by atoms with E-state index in [1.165, 1.54) is 11.6 Å². The van der Waals surface area contributed by atoms with Crippen LogP contribution < -0.4 is 16.4 Å². The number of carbonyl (C=O) groups excluding carboxylic acids is 1. The molecule has 0 fully saturated rings. The van der Waals surface area contributed by atoms with Crippen molar-refractivity contribution in [3.8, 4) is 11.4 Å². The molecule has 0 aliphatic heterocycles. The van der Waals surface area contributed by atoms with Gasteiger partial charge in [-0.25, -0.2) is 9.97 Å². The van der Waals surface area contributed by atoms with E-state index in [2.05, 4.69) is 29.3 Å². The summed E-state index contributed by atoms with van der Waals surface area (Å²) in [7, 11) is 0. The molecule has 1 amide bonds. The zero-order chi connectivity index (χ0) is 21.6. The maximum Gasteiger partial charge on any atom is 0.247 e. The zero-order valence-corrected chi connectivity index (χ0v) is 17.0. The average Bonchev–Trinajstić information content (AvgIpc) is 2.79. The molecule has 6 heteroatoms. The van der Waals surface area contributed by atoms with Gasteiger partial charge in [-0.1, -0.05) is 49.0 Å². The molecule has 0 aliphatic carbocycles. The molecule has 1 aromatic heterocycles. The molecule has 4 aromatic rings. The van der Waals surface area contributed by atoms with E-state index >= 15 is 0 Å². The Morgan fingerprint density at radius 1 is 1.00 bits per heavy atom. The SMILES string of the molecule is C=CC(=O)Nc1cccc(-c2nc(NCCc3ccccc3)c3ccc(N)cc3n2)c1. The summed E-state index contributed by atoms with van der Waals surface area (Å²) in [6, 6.07) is 23.3. The van der Waals surface area contributed by atoms with Crippen molar-refractivity contribution in [1.82, 2.24) is 9.97 Å². The van der Waals surface area contributed by atoms with Crippen molar-refractivity contribution in [2.75, 3.05) is 22.9 Å². The highest BCUT2D eigenvalue weighted by atomic mass is 16.1. The molecule has 0 spiro atoms. The van der Waals surface area contributed by atoms with E-state index in [0.29, 0.717) is 17.2 Å². The van der Waals surface area contributed by atoms with Crippen molar-refractivity contribution in [2.24, 2.45) is 0 Å². The molecular formula is C25H23N5O. The summed E-state index contributed by atoms with van der Waals surface area (Å²) in [5.74, 6) is 1.03. The second-order valence-corrected chi connectivity index (χ2v) is 7.11. The molecule has 3 aromatic carbocycles. The van der Waals surface area contributed by atoms with Gasteiger partial charge in [0.2, 0.25) is 5.91 Å². The molecule has 0 bridgehead atoms. The van der Waals surface area contributed by atoms with Crippen LogP contribution in [0.25, 0.3) is 22.3 Å². The number of benzene rings is 3. The van der Waals surface area contributed by atoms with Gasteiger partial charge < -0.3 is 16.4 Å². The Morgan fingerprint density at radius 3 is 2.65 bits per heavy atom. The minimum atomic E-state index is -0.271. The van der Waals surface area contributed by atoms with E-state index in [-0.39, 0.29) is 5.91 Å². The summed E-state index contributed by atoms with van der Waals surface area (Å²) in [6.45, 7) is 4.22. The van der Waals surface area contributed by atoms with Crippen LogP contribution in [0.5, 0.6) is 0 Å². The fourth-order valence-corrected chi connectivity index (χ4v) is 3.31. The van der Waals surface area contributed by atoms with Gasteiger partial charge in [-0.2, -0.15) is 0 Å². The van der Waals surface area contributed by atoms with Crippen LogP contribution in [0.2, 0.25) is 0 Å². The molecule has 0 aliphatic rings. The average molecular weight is 409 g/mol. The fraction of sp³-hybridized carbons (Fsp3) is 0.0800. The van der Waals surface area contributed by atoms with Crippen LogP contribution >= 0.6 is 0 Å². The standard InChI is InChI=1S/C25H23N5O/c1-2-23(31)28-20-10-6-9-18(15-20)24-29-22-16-19(26)11-12-21(22)25(30-24)27-14-13-17-7-4-3-5-8-17/h2-12,15-16H,1,13-14,26H2,(H,28,31)(H,27,29,30). The molecule has 1 heterocycles. The lowest BCUT2D eigenvalue weighted by molar-refractivity contribution is -0.111. The smallest absolute Gasteiger partial charge is 0.247 e. The minimum Gasteiger partial charge on any atom is -0.399 e. The van der Waals surface area contributed by atoms with Crippen LogP contribution in [0, 0.1) is 0 Å². The van der Waals surface area contributed by atoms with E-state index in [9.17, 15) is 4.79 Å². The molecule has 31 heavy (non-hydrogen) atoms. The first kappa shape index (κ1) is 20.1. The van der Waals surface area contributed by atoms with Gasteiger partial charge in [0, 0.05) is 28.9 Å². The number of anilines is 3. The number of rotatable bonds is 7. The Bertz CT molecular complexity index is 1240. The molecule has 0 saturated carbocycles. The Morgan fingerprint density at radius 2 is 1.84 bits per heavy atom. The number of nitrogen functional groups attached to an aromatic ring is 1. The van der Waals surface area contributed by atoms with Crippen LogP contribution in [-0.2, 0) is 11.2 Å². The maximum absolute atomic E-state index is 11.6. The first-order chi connectivity index (χ1) is 15.1. The molecule has 0 saturated heterocycles. The number of nitrogens with zero attached hydrogens (tertiary/aromatic N) is 2. The topological polar surface area (TPSA) is 92.9 Å². The van der Waals surface area contributed by atoms with E-state index in [1.807, 2.05) is 60.7 Å². The third-order valence-corrected chi connectivity index (χ3v) is 4.84. The highest BCUT2D eigenvalue weighted by Crippen LogP contribution is 2.27. The summed E-state index contributed by atoms with van der Waals surface area (Å²) in [5, 5.41) is 7.12. The predicted octanol–water partition coefficient (Wildman–Crippen LogP) is 4.66. The number of nitrogens with two attached hydrogens (primary N) is 1. The van der Waals surface area contributed by atoms with Crippen LogP contribution in [0.1, 0.15) is 5.56 Å². The van der Waals surface area contributed by atoms with Crippen molar-refractivity contribution in [2.45, 2.75) is 6.42 Å². The van der Waals surface area contributed by atoms with Crippen LogP contribution in [0.4, 0.5) is 17.2 Å². The van der Waals surface area contributed by atoms with Crippen molar-refractivity contribution in [3.63, 3.8) is 0 Å². The number of aromatic nitrogens is 2. The highest BCUT2D eigenvalue weighted by molar-refractivity contribution is 5.99.